The summed E-state index contributed by atoms with van der Waals surface area (Å²) >= 11 is 13.7. The lowest BCUT2D eigenvalue weighted by Gasteiger charge is -2.13. The van der Waals surface area contributed by atoms with Gasteiger partial charge in [0.05, 0.1) is 5.51 Å². The predicted octanol–water partition coefficient (Wildman–Crippen LogP) is 4.36. The summed E-state index contributed by atoms with van der Waals surface area (Å²) in [6.45, 7) is 0. The van der Waals surface area contributed by atoms with E-state index < -0.39 is 0 Å². The number of alkyl halides is 1. The SMILES string of the molecule is ClCC(Cc1cncs1)c1cccc(Cl)c1. The average Bonchev–Trinajstić information content (AvgIpc) is 2.78. The second-order valence-electron chi connectivity index (χ2n) is 3.58. The zero-order valence-corrected chi connectivity index (χ0v) is 10.9. The van der Waals surface area contributed by atoms with Crippen LogP contribution in [0.3, 0.4) is 0 Å². The lowest BCUT2D eigenvalue weighted by atomic mass is 9.97. The first kappa shape index (κ1) is 11.9. The molecule has 2 aromatic rings. The molecule has 0 aliphatic heterocycles. The average molecular weight is 272 g/mol. The van der Waals surface area contributed by atoms with Crippen LogP contribution in [-0.4, -0.2) is 10.9 Å². The van der Waals surface area contributed by atoms with Crippen LogP contribution in [0, 0.1) is 0 Å². The summed E-state index contributed by atoms with van der Waals surface area (Å²) < 4.78 is 0. The van der Waals surface area contributed by atoms with Crippen LogP contribution in [0.15, 0.2) is 36.0 Å². The maximum atomic E-state index is 6.01. The molecule has 16 heavy (non-hydrogen) atoms. The second kappa shape index (κ2) is 5.67. The van der Waals surface area contributed by atoms with E-state index in [0.29, 0.717) is 11.8 Å². The minimum absolute atomic E-state index is 0.306. The van der Waals surface area contributed by atoms with Crippen molar-refractivity contribution in [1.82, 2.24) is 4.98 Å². The van der Waals surface area contributed by atoms with E-state index in [1.54, 1.807) is 11.3 Å². The number of rotatable bonds is 4. The van der Waals surface area contributed by atoms with Crippen molar-refractivity contribution >= 4 is 34.5 Å². The third-order valence-electron chi connectivity index (χ3n) is 2.44. The van der Waals surface area contributed by atoms with Crippen LogP contribution < -0.4 is 0 Å². The predicted molar refractivity (Wildman–Crippen MR) is 70.7 cm³/mol. The summed E-state index contributed by atoms with van der Waals surface area (Å²) in [5.41, 5.74) is 3.04. The molecular weight excluding hydrogens is 261 g/mol. The topological polar surface area (TPSA) is 12.9 Å². The summed E-state index contributed by atoms with van der Waals surface area (Å²) in [4.78, 5) is 5.33. The van der Waals surface area contributed by atoms with Gasteiger partial charge in [-0.3, -0.25) is 4.98 Å². The van der Waals surface area contributed by atoms with Gasteiger partial charge < -0.3 is 0 Å². The van der Waals surface area contributed by atoms with Gasteiger partial charge >= 0.3 is 0 Å². The summed E-state index contributed by atoms with van der Waals surface area (Å²) in [5, 5.41) is 0.761. The Morgan fingerprint density at radius 3 is 2.88 bits per heavy atom. The molecule has 0 amide bonds. The summed E-state index contributed by atoms with van der Waals surface area (Å²) in [7, 11) is 0. The van der Waals surface area contributed by atoms with E-state index >= 15 is 0 Å². The normalized spacial score (nSPS) is 12.6. The number of nitrogens with zero attached hydrogens (tertiary/aromatic N) is 1. The summed E-state index contributed by atoms with van der Waals surface area (Å²) in [6, 6.07) is 7.89. The van der Waals surface area contributed by atoms with E-state index in [-0.39, 0.29) is 0 Å². The molecule has 1 aromatic carbocycles. The van der Waals surface area contributed by atoms with Gasteiger partial charge in [-0.15, -0.1) is 22.9 Å². The van der Waals surface area contributed by atoms with E-state index in [1.165, 1.54) is 10.4 Å². The monoisotopic (exact) mass is 271 g/mol. The summed E-state index contributed by atoms with van der Waals surface area (Å²) in [5.74, 6) is 0.902. The molecule has 1 unspecified atom stereocenters. The molecule has 0 fully saturated rings. The Hall–Kier alpha value is -0.570. The van der Waals surface area contributed by atoms with Crippen LogP contribution in [0.1, 0.15) is 16.4 Å². The highest BCUT2D eigenvalue weighted by Gasteiger charge is 2.12. The number of hydrogen-bond acceptors (Lipinski definition) is 2. The third-order valence-corrected chi connectivity index (χ3v) is 3.85. The van der Waals surface area contributed by atoms with E-state index in [1.807, 2.05) is 29.9 Å². The van der Waals surface area contributed by atoms with Gasteiger partial charge in [-0.05, 0) is 24.1 Å². The highest BCUT2D eigenvalue weighted by Crippen LogP contribution is 2.25. The van der Waals surface area contributed by atoms with E-state index in [4.69, 9.17) is 23.2 Å². The Kier molecular flexibility index (Phi) is 4.22. The minimum atomic E-state index is 0.306. The first-order valence-electron chi connectivity index (χ1n) is 4.98. The minimum Gasteiger partial charge on any atom is -0.253 e. The molecule has 1 aromatic heterocycles. The molecule has 1 nitrogen and oxygen atoms in total. The highest BCUT2D eigenvalue weighted by molar-refractivity contribution is 7.09. The van der Waals surface area contributed by atoms with Crippen molar-refractivity contribution in [3.8, 4) is 0 Å². The van der Waals surface area contributed by atoms with E-state index in [0.717, 1.165) is 11.4 Å². The van der Waals surface area contributed by atoms with Gasteiger partial charge in [0.2, 0.25) is 0 Å². The van der Waals surface area contributed by atoms with Crippen LogP contribution in [0.4, 0.5) is 0 Å². The van der Waals surface area contributed by atoms with Gasteiger partial charge in [0.1, 0.15) is 0 Å². The molecule has 0 spiro atoms. The van der Waals surface area contributed by atoms with Crippen molar-refractivity contribution in [2.45, 2.75) is 12.3 Å². The molecule has 84 valence electrons. The molecule has 0 N–H and O–H groups in total. The Morgan fingerprint density at radius 2 is 2.25 bits per heavy atom. The van der Waals surface area contributed by atoms with Crippen LogP contribution in [-0.2, 0) is 6.42 Å². The maximum Gasteiger partial charge on any atom is 0.0794 e. The van der Waals surface area contributed by atoms with Crippen molar-refractivity contribution in [3.05, 3.63) is 51.4 Å². The highest BCUT2D eigenvalue weighted by atomic mass is 35.5. The smallest absolute Gasteiger partial charge is 0.0794 e. The zero-order valence-electron chi connectivity index (χ0n) is 8.57. The lowest BCUT2D eigenvalue weighted by Crippen LogP contribution is -2.03. The molecule has 0 aliphatic rings. The molecule has 0 bridgehead atoms. The Labute approximate surface area is 109 Å². The quantitative estimate of drug-likeness (QED) is 0.753. The Morgan fingerprint density at radius 1 is 1.38 bits per heavy atom. The zero-order chi connectivity index (χ0) is 11.4. The standard InChI is InChI=1S/C12H11Cl2NS/c13-6-10(5-12-7-15-8-16-12)9-2-1-3-11(14)4-9/h1-4,7-8,10H,5-6H2. The maximum absolute atomic E-state index is 6.01. The largest absolute Gasteiger partial charge is 0.253 e. The van der Waals surface area contributed by atoms with Gasteiger partial charge in [0.25, 0.3) is 0 Å². The molecular formula is C12H11Cl2NS. The fourth-order valence-corrected chi connectivity index (χ4v) is 2.77. The van der Waals surface area contributed by atoms with Crippen molar-refractivity contribution < 1.29 is 0 Å². The number of hydrogen-bond donors (Lipinski definition) is 0. The Balaban J connectivity index is 2.16. The van der Waals surface area contributed by atoms with Gasteiger partial charge in [-0.2, -0.15) is 0 Å². The van der Waals surface area contributed by atoms with Gasteiger partial charge in [0, 0.05) is 27.9 Å². The first-order chi connectivity index (χ1) is 7.79. The molecule has 0 saturated heterocycles. The van der Waals surface area contributed by atoms with Gasteiger partial charge in [-0.25, -0.2) is 0 Å². The van der Waals surface area contributed by atoms with Crippen molar-refractivity contribution in [1.29, 1.82) is 0 Å². The van der Waals surface area contributed by atoms with Crippen LogP contribution in [0.2, 0.25) is 5.02 Å². The molecule has 0 aliphatic carbocycles. The number of halogens is 2. The van der Waals surface area contributed by atoms with Crippen molar-refractivity contribution in [3.63, 3.8) is 0 Å². The summed E-state index contributed by atoms with van der Waals surface area (Å²) in [6.07, 6.45) is 2.82. The molecule has 0 saturated carbocycles. The van der Waals surface area contributed by atoms with Crippen LogP contribution in [0.5, 0.6) is 0 Å². The fourth-order valence-electron chi connectivity index (χ4n) is 1.61. The van der Waals surface area contributed by atoms with E-state index in [2.05, 4.69) is 11.1 Å². The molecule has 4 heteroatoms. The van der Waals surface area contributed by atoms with Crippen molar-refractivity contribution in [2.75, 3.05) is 5.88 Å². The Bertz CT molecular complexity index is 442. The van der Waals surface area contributed by atoms with Crippen molar-refractivity contribution in [2.24, 2.45) is 0 Å². The molecule has 0 radical (unpaired) electrons. The van der Waals surface area contributed by atoms with Crippen LogP contribution >= 0.6 is 34.5 Å². The van der Waals surface area contributed by atoms with E-state index in [9.17, 15) is 0 Å². The molecule has 1 atom stereocenters. The van der Waals surface area contributed by atoms with Gasteiger partial charge in [0.15, 0.2) is 0 Å². The first-order valence-corrected chi connectivity index (χ1v) is 6.77. The van der Waals surface area contributed by atoms with Gasteiger partial charge in [-0.1, -0.05) is 23.7 Å². The number of aromatic nitrogens is 1. The second-order valence-corrected chi connectivity index (χ2v) is 5.29. The number of thiazole rings is 1. The molecule has 2 rings (SSSR count). The molecule has 1 heterocycles. The number of benzene rings is 1. The lowest BCUT2D eigenvalue weighted by molar-refractivity contribution is 0.775. The van der Waals surface area contributed by atoms with Crippen LogP contribution in [0.25, 0.3) is 0 Å². The third kappa shape index (κ3) is 2.97. The fraction of sp³-hybridized carbons (Fsp3) is 0.250.